The molecule has 0 aliphatic heterocycles. The minimum Gasteiger partial charge on any atom is -0.399 e. The summed E-state index contributed by atoms with van der Waals surface area (Å²) in [6, 6.07) is 2.19. The van der Waals surface area contributed by atoms with Crippen molar-refractivity contribution in [3.8, 4) is 0 Å². The van der Waals surface area contributed by atoms with Crippen LogP contribution in [0.4, 0.5) is 10.1 Å². The van der Waals surface area contributed by atoms with E-state index in [-0.39, 0.29) is 23.8 Å². The Bertz CT molecular complexity index is 592. The molecule has 0 radical (unpaired) electrons. The number of sulfonamides is 1. The van der Waals surface area contributed by atoms with Gasteiger partial charge in [0.05, 0.1) is 5.02 Å². The standard InChI is InChI=1S/C12H14ClFN2O2S/c1-3-5-16(6-4-2)19(17,18)11-8-9(15)7-10(13)12(11)14/h3-4,7-8H,1-2,5-6,15H2. The molecule has 0 spiro atoms. The predicted molar refractivity (Wildman–Crippen MR) is 75.0 cm³/mol. The van der Waals surface area contributed by atoms with E-state index in [0.717, 1.165) is 16.4 Å². The lowest BCUT2D eigenvalue weighted by Crippen LogP contribution is -2.32. The fraction of sp³-hybridized carbons (Fsp3) is 0.167. The van der Waals surface area contributed by atoms with Crippen LogP contribution in [0.3, 0.4) is 0 Å². The van der Waals surface area contributed by atoms with Crippen molar-refractivity contribution in [3.05, 3.63) is 48.3 Å². The van der Waals surface area contributed by atoms with Crippen LogP contribution in [0.2, 0.25) is 5.02 Å². The van der Waals surface area contributed by atoms with Gasteiger partial charge in [0.1, 0.15) is 4.90 Å². The number of anilines is 1. The lowest BCUT2D eigenvalue weighted by Gasteiger charge is -2.19. The largest absolute Gasteiger partial charge is 0.399 e. The van der Waals surface area contributed by atoms with Gasteiger partial charge in [-0.15, -0.1) is 13.2 Å². The van der Waals surface area contributed by atoms with E-state index in [1.807, 2.05) is 0 Å². The van der Waals surface area contributed by atoms with Crippen LogP contribution < -0.4 is 5.73 Å². The lowest BCUT2D eigenvalue weighted by molar-refractivity contribution is 0.467. The van der Waals surface area contributed by atoms with Crippen molar-refractivity contribution in [1.82, 2.24) is 4.31 Å². The molecule has 1 aromatic carbocycles. The van der Waals surface area contributed by atoms with Gasteiger partial charge < -0.3 is 5.73 Å². The Labute approximate surface area is 117 Å². The van der Waals surface area contributed by atoms with Crippen LogP contribution in [0, 0.1) is 5.82 Å². The number of nitrogen functional groups attached to an aromatic ring is 1. The summed E-state index contributed by atoms with van der Waals surface area (Å²) in [5.41, 5.74) is 5.57. The van der Waals surface area contributed by atoms with Gasteiger partial charge in [0.15, 0.2) is 5.82 Å². The van der Waals surface area contributed by atoms with Gasteiger partial charge in [-0.05, 0) is 12.1 Å². The first-order chi connectivity index (χ1) is 8.84. The number of benzene rings is 1. The fourth-order valence-electron chi connectivity index (χ4n) is 1.47. The van der Waals surface area contributed by atoms with Crippen molar-refractivity contribution >= 4 is 27.3 Å². The van der Waals surface area contributed by atoms with E-state index in [2.05, 4.69) is 13.2 Å². The summed E-state index contributed by atoms with van der Waals surface area (Å²) in [5.74, 6) is -1.02. The van der Waals surface area contributed by atoms with Gasteiger partial charge >= 0.3 is 0 Å². The predicted octanol–water partition coefficient (Wildman–Crippen LogP) is 2.42. The molecule has 0 aliphatic carbocycles. The topological polar surface area (TPSA) is 63.4 Å². The van der Waals surface area contributed by atoms with Crippen molar-refractivity contribution in [2.75, 3.05) is 18.8 Å². The fourth-order valence-corrected chi connectivity index (χ4v) is 3.26. The average Bonchev–Trinajstić information content (AvgIpc) is 2.33. The Morgan fingerprint density at radius 1 is 1.32 bits per heavy atom. The van der Waals surface area contributed by atoms with Gasteiger partial charge in [-0.2, -0.15) is 4.31 Å². The molecule has 0 atom stereocenters. The van der Waals surface area contributed by atoms with E-state index >= 15 is 0 Å². The molecule has 0 heterocycles. The van der Waals surface area contributed by atoms with Gasteiger partial charge in [-0.3, -0.25) is 0 Å². The van der Waals surface area contributed by atoms with Crippen LogP contribution in [0.1, 0.15) is 0 Å². The van der Waals surface area contributed by atoms with Gasteiger partial charge in [-0.1, -0.05) is 23.8 Å². The molecule has 7 heteroatoms. The van der Waals surface area contributed by atoms with Crippen LogP contribution in [0.25, 0.3) is 0 Å². The minimum absolute atomic E-state index is 0.0280. The molecule has 1 rings (SSSR count). The van der Waals surface area contributed by atoms with Crippen molar-refractivity contribution < 1.29 is 12.8 Å². The minimum atomic E-state index is -4.05. The Hall–Kier alpha value is -1.37. The second-order valence-electron chi connectivity index (χ2n) is 3.71. The first-order valence-electron chi connectivity index (χ1n) is 5.31. The number of hydrogen-bond donors (Lipinski definition) is 1. The number of halogens is 2. The molecule has 104 valence electrons. The summed E-state index contributed by atoms with van der Waals surface area (Å²) >= 11 is 5.61. The van der Waals surface area contributed by atoms with Gasteiger partial charge in [0.2, 0.25) is 10.0 Å². The number of nitrogens with zero attached hydrogens (tertiary/aromatic N) is 1. The summed E-state index contributed by atoms with van der Waals surface area (Å²) in [6.07, 6.45) is 2.79. The van der Waals surface area contributed by atoms with E-state index < -0.39 is 20.7 Å². The maximum atomic E-state index is 13.9. The third-order valence-electron chi connectivity index (χ3n) is 2.30. The zero-order chi connectivity index (χ0) is 14.6. The van der Waals surface area contributed by atoms with Gasteiger partial charge in [-0.25, -0.2) is 12.8 Å². The molecule has 0 unspecified atom stereocenters. The Morgan fingerprint density at radius 3 is 2.32 bits per heavy atom. The molecule has 4 nitrogen and oxygen atoms in total. The molecule has 1 aromatic rings. The molecule has 0 aromatic heterocycles. The van der Waals surface area contributed by atoms with Crippen molar-refractivity contribution in [1.29, 1.82) is 0 Å². The van der Waals surface area contributed by atoms with Gasteiger partial charge in [0, 0.05) is 18.8 Å². The number of nitrogens with two attached hydrogens (primary N) is 1. The summed E-state index contributed by atoms with van der Waals surface area (Å²) < 4.78 is 39.5. The lowest BCUT2D eigenvalue weighted by atomic mass is 10.3. The number of rotatable bonds is 6. The molecular formula is C12H14ClFN2O2S. The van der Waals surface area contributed by atoms with E-state index in [0.29, 0.717) is 0 Å². The van der Waals surface area contributed by atoms with E-state index in [1.165, 1.54) is 12.2 Å². The highest BCUT2D eigenvalue weighted by atomic mass is 35.5. The average molecular weight is 305 g/mol. The highest BCUT2D eigenvalue weighted by Crippen LogP contribution is 2.27. The molecule has 0 aliphatic rings. The van der Waals surface area contributed by atoms with Crippen molar-refractivity contribution in [2.45, 2.75) is 4.90 Å². The van der Waals surface area contributed by atoms with Crippen molar-refractivity contribution in [3.63, 3.8) is 0 Å². The zero-order valence-electron chi connectivity index (χ0n) is 10.1. The third kappa shape index (κ3) is 3.34. The molecule has 2 N–H and O–H groups in total. The van der Waals surface area contributed by atoms with Crippen LogP contribution in [-0.4, -0.2) is 25.8 Å². The van der Waals surface area contributed by atoms with E-state index in [1.54, 1.807) is 0 Å². The Morgan fingerprint density at radius 2 is 1.84 bits per heavy atom. The summed E-state index contributed by atoms with van der Waals surface area (Å²) in [7, 11) is -4.05. The van der Waals surface area contributed by atoms with Crippen LogP contribution in [-0.2, 0) is 10.0 Å². The van der Waals surface area contributed by atoms with Gasteiger partial charge in [0.25, 0.3) is 0 Å². The van der Waals surface area contributed by atoms with Crippen LogP contribution in [0.15, 0.2) is 42.3 Å². The SMILES string of the molecule is C=CCN(CC=C)S(=O)(=O)c1cc(N)cc(Cl)c1F. The quantitative estimate of drug-likeness (QED) is 0.648. The zero-order valence-corrected chi connectivity index (χ0v) is 11.7. The smallest absolute Gasteiger partial charge is 0.246 e. The maximum Gasteiger partial charge on any atom is 0.246 e. The van der Waals surface area contributed by atoms with Crippen LogP contribution >= 0.6 is 11.6 Å². The molecular weight excluding hydrogens is 291 g/mol. The van der Waals surface area contributed by atoms with Crippen LogP contribution in [0.5, 0.6) is 0 Å². The molecule has 19 heavy (non-hydrogen) atoms. The third-order valence-corrected chi connectivity index (χ3v) is 4.41. The van der Waals surface area contributed by atoms with E-state index in [4.69, 9.17) is 17.3 Å². The van der Waals surface area contributed by atoms with Crippen molar-refractivity contribution in [2.24, 2.45) is 0 Å². The second kappa shape index (κ2) is 6.18. The molecule has 0 fully saturated rings. The Kier molecular flexibility index (Phi) is 5.11. The highest BCUT2D eigenvalue weighted by molar-refractivity contribution is 7.89. The van der Waals surface area contributed by atoms with E-state index in [9.17, 15) is 12.8 Å². The second-order valence-corrected chi connectivity index (χ2v) is 6.03. The summed E-state index contributed by atoms with van der Waals surface area (Å²) in [6.45, 7) is 6.98. The first-order valence-corrected chi connectivity index (χ1v) is 7.12. The first kappa shape index (κ1) is 15.7. The molecule has 0 saturated heterocycles. The highest BCUT2D eigenvalue weighted by Gasteiger charge is 2.27. The Balaban J connectivity index is 3.40. The maximum absolute atomic E-state index is 13.9. The summed E-state index contributed by atoms with van der Waals surface area (Å²) in [5, 5.41) is -0.337. The monoisotopic (exact) mass is 304 g/mol. The number of hydrogen-bond acceptors (Lipinski definition) is 3. The summed E-state index contributed by atoms with van der Waals surface area (Å²) in [4.78, 5) is -0.554. The normalized spacial score (nSPS) is 11.5. The molecule has 0 saturated carbocycles. The molecule has 0 amide bonds. The molecule has 0 bridgehead atoms.